The molecule has 0 bridgehead atoms. The number of hydrazine groups is 2. The van der Waals surface area contributed by atoms with E-state index in [1.165, 1.54) is 16.8 Å². The van der Waals surface area contributed by atoms with Gasteiger partial charge in [0.2, 0.25) is 0 Å². The maximum atomic E-state index is 6.41. The highest BCUT2D eigenvalue weighted by Crippen LogP contribution is 2.41. The summed E-state index contributed by atoms with van der Waals surface area (Å²) in [7, 11) is 0. The quantitative estimate of drug-likeness (QED) is 0.286. The smallest absolute Gasteiger partial charge is 0.165 e. The molecule has 5 aromatic rings. The highest BCUT2D eigenvalue weighted by atomic mass is 16.3. The zero-order chi connectivity index (χ0) is 23.4. The van der Waals surface area contributed by atoms with Crippen molar-refractivity contribution in [3.8, 4) is 17.1 Å². The predicted molar refractivity (Wildman–Crippen MR) is 138 cm³/mol. The fourth-order valence-corrected chi connectivity index (χ4v) is 5.06. The third-order valence-electron chi connectivity index (χ3n) is 6.71. The first-order valence-electron chi connectivity index (χ1n) is 11.9. The van der Waals surface area contributed by atoms with E-state index in [-0.39, 0.29) is 0 Å². The van der Waals surface area contributed by atoms with E-state index in [9.17, 15) is 0 Å². The molecule has 0 amide bonds. The van der Waals surface area contributed by atoms with E-state index in [0.717, 1.165) is 44.8 Å². The topological polar surface area (TPSA) is 67.0 Å². The van der Waals surface area contributed by atoms with Gasteiger partial charge in [-0.2, -0.15) is 5.53 Å². The summed E-state index contributed by atoms with van der Waals surface area (Å²) in [5.74, 6) is 2.44. The second kappa shape index (κ2) is 8.01. The highest BCUT2D eigenvalue weighted by molar-refractivity contribution is 6.09. The molecule has 0 fully saturated rings. The maximum Gasteiger partial charge on any atom is 0.165 e. The number of benzene rings is 3. The van der Waals surface area contributed by atoms with Crippen LogP contribution in [-0.4, -0.2) is 9.55 Å². The van der Waals surface area contributed by atoms with E-state index in [1.54, 1.807) is 0 Å². The van der Waals surface area contributed by atoms with Crippen LogP contribution in [0.25, 0.3) is 39.0 Å². The normalized spacial score (nSPS) is 13.7. The van der Waals surface area contributed by atoms with Gasteiger partial charge in [0.25, 0.3) is 0 Å². The molecule has 34 heavy (non-hydrogen) atoms. The molecule has 0 spiro atoms. The van der Waals surface area contributed by atoms with Gasteiger partial charge in [-0.3, -0.25) is 9.99 Å². The van der Waals surface area contributed by atoms with Crippen molar-refractivity contribution in [1.29, 1.82) is 0 Å². The molecule has 1 aliphatic heterocycles. The summed E-state index contributed by atoms with van der Waals surface area (Å²) in [6, 6.07) is 21.2. The predicted octanol–water partition coefficient (Wildman–Crippen LogP) is 6.62. The number of rotatable bonds is 4. The zero-order valence-corrected chi connectivity index (χ0v) is 19.9. The van der Waals surface area contributed by atoms with Crippen molar-refractivity contribution in [2.24, 2.45) is 0 Å². The molecule has 0 saturated carbocycles. The Morgan fingerprint density at radius 3 is 2.32 bits per heavy atom. The van der Waals surface area contributed by atoms with Crippen LogP contribution in [0.5, 0.6) is 0 Å². The highest BCUT2D eigenvalue weighted by Gasteiger charge is 2.28. The number of para-hydroxylation sites is 3. The number of hydrogen-bond donors (Lipinski definition) is 3. The summed E-state index contributed by atoms with van der Waals surface area (Å²) < 4.78 is 8.75. The van der Waals surface area contributed by atoms with Crippen molar-refractivity contribution >= 4 is 27.8 Å². The molecule has 3 N–H and O–H groups in total. The minimum atomic E-state index is 0.365. The lowest BCUT2D eigenvalue weighted by atomic mass is 9.92. The van der Waals surface area contributed by atoms with Gasteiger partial charge in [0, 0.05) is 10.8 Å². The van der Waals surface area contributed by atoms with E-state index >= 15 is 0 Å². The number of fused-ring (bicyclic) bond motifs is 4. The Bertz CT molecular complexity index is 1500. The van der Waals surface area contributed by atoms with Crippen LogP contribution >= 0.6 is 0 Å². The van der Waals surface area contributed by atoms with E-state index < -0.39 is 0 Å². The minimum absolute atomic E-state index is 0.365. The van der Waals surface area contributed by atoms with Crippen molar-refractivity contribution in [3.63, 3.8) is 0 Å². The number of anilines is 1. The molecule has 6 rings (SSSR count). The Hall–Kier alpha value is -3.61. The number of furan rings is 1. The minimum Gasteiger partial charge on any atom is -0.455 e. The lowest BCUT2D eigenvalue weighted by Gasteiger charge is -2.25. The molecular weight excluding hydrogens is 422 g/mol. The molecule has 3 aromatic carbocycles. The molecule has 2 aromatic heterocycles. The van der Waals surface area contributed by atoms with Gasteiger partial charge in [0.15, 0.2) is 11.6 Å². The molecule has 0 unspecified atom stereocenters. The largest absolute Gasteiger partial charge is 0.455 e. The summed E-state index contributed by atoms with van der Waals surface area (Å²) in [6.45, 7) is 9.66. The van der Waals surface area contributed by atoms with Crippen molar-refractivity contribution < 1.29 is 4.42 Å². The molecular formula is C28H29N5O. The van der Waals surface area contributed by atoms with E-state index in [1.807, 2.05) is 12.1 Å². The van der Waals surface area contributed by atoms with Crippen molar-refractivity contribution in [2.75, 3.05) is 5.43 Å². The third kappa shape index (κ3) is 3.14. The fraction of sp³-hybridized carbons (Fsp3) is 0.250. The molecule has 6 heteroatoms. The Morgan fingerprint density at radius 2 is 1.56 bits per heavy atom. The second-order valence-corrected chi connectivity index (χ2v) is 9.54. The second-order valence-electron chi connectivity index (χ2n) is 9.54. The first kappa shape index (κ1) is 21.0. The monoisotopic (exact) mass is 451 g/mol. The number of aromatic nitrogens is 2. The van der Waals surface area contributed by atoms with Crippen molar-refractivity contribution in [3.05, 3.63) is 77.5 Å². The molecule has 0 saturated heterocycles. The van der Waals surface area contributed by atoms with Crippen LogP contribution in [0.15, 0.2) is 65.1 Å². The third-order valence-corrected chi connectivity index (χ3v) is 6.71. The van der Waals surface area contributed by atoms with E-state index in [4.69, 9.17) is 9.40 Å². The SMILES string of the molecule is CC(C)c1cccc(C(C)C)c1-n1c(-c2cccc3c2oc2ccccc23)nc2c1CNNN2. The van der Waals surface area contributed by atoms with E-state index in [0.29, 0.717) is 18.4 Å². The Morgan fingerprint density at radius 1 is 0.853 bits per heavy atom. The molecule has 3 heterocycles. The van der Waals surface area contributed by atoms with Crippen LogP contribution in [0.4, 0.5) is 5.82 Å². The van der Waals surface area contributed by atoms with Crippen LogP contribution in [0.1, 0.15) is 56.4 Å². The van der Waals surface area contributed by atoms with Gasteiger partial charge >= 0.3 is 0 Å². The van der Waals surface area contributed by atoms with Crippen LogP contribution in [0.3, 0.4) is 0 Å². The zero-order valence-electron chi connectivity index (χ0n) is 19.9. The van der Waals surface area contributed by atoms with Gasteiger partial charge in [-0.25, -0.2) is 10.4 Å². The molecule has 0 atom stereocenters. The number of nitrogens with one attached hydrogen (secondary N) is 3. The van der Waals surface area contributed by atoms with Gasteiger partial charge in [0.05, 0.1) is 23.5 Å². The van der Waals surface area contributed by atoms with Gasteiger partial charge < -0.3 is 4.42 Å². The molecule has 0 radical (unpaired) electrons. The summed E-state index contributed by atoms with van der Waals surface area (Å²) >= 11 is 0. The van der Waals surface area contributed by atoms with Crippen LogP contribution in [0.2, 0.25) is 0 Å². The first-order chi connectivity index (χ1) is 16.5. The summed E-state index contributed by atoms with van der Waals surface area (Å²) in [4.78, 5) is 5.11. The molecule has 6 nitrogen and oxygen atoms in total. The number of hydrogen-bond acceptors (Lipinski definition) is 5. The van der Waals surface area contributed by atoms with Crippen LogP contribution < -0.4 is 16.4 Å². The summed E-state index contributed by atoms with van der Waals surface area (Å²) in [5, 5.41) is 2.22. The standard InChI is InChI=1S/C28H29N5O/c1-16(2)18-10-7-11-19(17(3)4)25(18)33-23-15-29-32-31-27(23)30-28(33)22-13-8-12-21-20-9-5-6-14-24(20)34-26(21)22/h5-14,16-17,29,31-32H,15H2,1-4H3. The molecule has 0 aliphatic carbocycles. The number of nitrogens with zero attached hydrogens (tertiary/aromatic N) is 2. The number of imidazole rings is 1. The Labute approximate surface area is 198 Å². The lowest BCUT2D eigenvalue weighted by molar-refractivity contribution is 0.551. The van der Waals surface area contributed by atoms with Gasteiger partial charge in [-0.15, -0.1) is 0 Å². The Balaban J connectivity index is 1.72. The average molecular weight is 452 g/mol. The van der Waals surface area contributed by atoms with Crippen LogP contribution in [-0.2, 0) is 6.54 Å². The van der Waals surface area contributed by atoms with Crippen molar-refractivity contribution in [1.82, 2.24) is 20.5 Å². The fourth-order valence-electron chi connectivity index (χ4n) is 5.06. The maximum absolute atomic E-state index is 6.41. The van der Waals surface area contributed by atoms with E-state index in [2.05, 4.69) is 97.2 Å². The molecule has 172 valence electrons. The molecule has 1 aliphatic rings. The average Bonchev–Trinajstić information content (AvgIpc) is 3.42. The summed E-state index contributed by atoms with van der Waals surface area (Å²) in [6.07, 6.45) is 0. The van der Waals surface area contributed by atoms with Gasteiger partial charge in [0.1, 0.15) is 11.2 Å². The lowest BCUT2D eigenvalue weighted by Crippen LogP contribution is -2.41. The first-order valence-corrected chi connectivity index (χ1v) is 11.9. The van der Waals surface area contributed by atoms with Gasteiger partial charge in [-0.1, -0.05) is 76.2 Å². The van der Waals surface area contributed by atoms with Crippen molar-refractivity contribution in [2.45, 2.75) is 46.1 Å². The van der Waals surface area contributed by atoms with Crippen LogP contribution in [0, 0.1) is 0 Å². The Kier molecular flexibility index (Phi) is 4.94. The van der Waals surface area contributed by atoms with Gasteiger partial charge in [-0.05, 0) is 35.1 Å². The summed E-state index contributed by atoms with van der Waals surface area (Å²) in [5.41, 5.74) is 17.1.